The molecule has 0 aliphatic heterocycles. The summed E-state index contributed by atoms with van der Waals surface area (Å²) in [5.74, 6) is 1.14. The van der Waals surface area contributed by atoms with Crippen molar-refractivity contribution in [3.63, 3.8) is 0 Å². The van der Waals surface area contributed by atoms with E-state index in [1.807, 2.05) is 0 Å². The second kappa shape index (κ2) is 8.12. The molecule has 0 bridgehead atoms. The summed E-state index contributed by atoms with van der Waals surface area (Å²) in [4.78, 5) is 2.38. The maximum atomic E-state index is 9.84. The molecule has 0 amide bonds. The Labute approximate surface area is 95.7 Å². The molecule has 2 heteroatoms. The SMILES string of the molecule is CCC(CC)CN(CC)CC(O)C(C)C. The molecule has 0 radical (unpaired) electrons. The van der Waals surface area contributed by atoms with Crippen LogP contribution in [0.1, 0.15) is 47.5 Å². The van der Waals surface area contributed by atoms with Crippen LogP contribution in [0.2, 0.25) is 0 Å². The molecule has 15 heavy (non-hydrogen) atoms. The molecule has 1 N–H and O–H groups in total. The summed E-state index contributed by atoms with van der Waals surface area (Å²) in [5.41, 5.74) is 0. The average Bonchev–Trinajstić information content (AvgIpc) is 2.23. The van der Waals surface area contributed by atoms with E-state index in [1.165, 1.54) is 12.8 Å². The fourth-order valence-corrected chi connectivity index (χ4v) is 1.72. The molecule has 0 aliphatic rings. The van der Waals surface area contributed by atoms with Crippen LogP contribution in [0.4, 0.5) is 0 Å². The Morgan fingerprint density at radius 2 is 1.53 bits per heavy atom. The molecule has 1 unspecified atom stereocenters. The van der Waals surface area contributed by atoms with Crippen LogP contribution < -0.4 is 0 Å². The Balaban J connectivity index is 4.01. The molecule has 0 spiro atoms. The van der Waals surface area contributed by atoms with Gasteiger partial charge in [-0.1, -0.05) is 47.5 Å². The normalized spacial score (nSPS) is 14.2. The number of likely N-dealkylation sites (N-methyl/N-ethyl adjacent to an activating group) is 1. The molecule has 0 aromatic carbocycles. The first-order valence-electron chi connectivity index (χ1n) is 6.45. The van der Waals surface area contributed by atoms with E-state index in [-0.39, 0.29) is 6.10 Å². The van der Waals surface area contributed by atoms with E-state index in [4.69, 9.17) is 0 Å². The highest BCUT2D eigenvalue weighted by Crippen LogP contribution is 2.11. The van der Waals surface area contributed by atoms with Gasteiger partial charge in [-0.2, -0.15) is 0 Å². The minimum atomic E-state index is -0.181. The molecule has 0 heterocycles. The maximum Gasteiger partial charge on any atom is 0.0689 e. The van der Waals surface area contributed by atoms with E-state index in [0.29, 0.717) is 5.92 Å². The van der Waals surface area contributed by atoms with Gasteiger partial charge in [0.15, 0.2) is 0 Å². The van der Waals surface area contributed by atoms with E-state index >= 15 is 0 Å². The fourth-order valence-electron chi connectivity index (χ4n) is 1.72. The van der Waals surface area contributed by atoms with Gasteiger partial charge in [0.25, 0.3) is 0 Å². The van der Waals surface area contributed by atoms with E-state index < -0.39 is 0 Å². The number of aliphatic hydroxyl groups is 1. The Morgan fingerprint density at radius 3 is 1.87 bits per heavy atom. The molecule has 0 aliphatic carbocycles. The molecular formula is C13H29NO. The highest BCUT2D eigenvalue weighted by Gasteiger charge is 2.15. The third-order valence-electron chi connectivity index (χ3n) is 3.33. The van der Waals surface area contributed by atoms with Crippen LogP contribution in [0.3, 0.4) is 0 Å². The molecular weight excluding hydrogens is 186 g/mol. The number of rotatable bonds is 8. The van der Waals surface area contributed by atoms with Gasteiger partial charge in [0, 0.05) is 13.1 Å². The van der Waals surface area contributed by atoms with Crippen molar-refractivity contribution in [2.24, 2.45) is 11.8 Å². The lowest BCUT2D eigenvalue weighted by Crippen LogP contribution is -2.37. The van der Waals surface area contributed by atoms with Crippen molar-refractivity contribution in [2.45, 2.75) is 53.6 Å². The number of aliphatic hydroxyl groups excluding tert-OH is 1. The molecule has 0 rings (SSSR count). The predicted octanol–water partition coefficient (Wildman–Crippen LogP) is 2.76. The number of hydrogen-bond donors (Lipinski definition) is 1. The Kier molecular flexibility index (Phi) is 8.07. The van der Waals surface area contributed by atoms with Crippen molar-refractivity contribution in [1.29, 1.82) is 0 Å². The topological polar surface area (TPSA) is 23.5 Å². The lowest BCUT2D eigenvalue weighted by Gasteiger charge is -2.28. The van der Waals surface area contributed by atoms with Crippen LogP contribution in [0, 0.1) is 11.8 Å². The second-order valence-electron chi connectivity index (χ2n) is 4.85. The molecule has 0 fully saturated rings. The van der Waals surface area contributed by atoms with Gasteiger partial charge in [-0.15, -0.1) is 0 Å². The van der Waals surface area contributed by atoms with Crippen LogP contribution in [-0.4, -0.2) is 35.7 Å². The average molecular weight is 215 g/mol. The van der Waals surface area contributed by atoms with Gasteiger partial charge in [-0.25, -0.2) is 0 Å². The van der Waals surface area contributed by atoms with Gasteiger partial charge in [0.2, 0.25) is 0 Å². The first-order valence-corrected chi connectivity index (χ1v) is 6.45. The first kappa shape index (κ1) is 14.9. The number of nitrogens with zero attached hydrogens (tertiary/aromatic N) is 1. The molecule has 0 aromatic rings. The first-order chi connectivity index (χ1) is 7.04. The van der Waals surface area contributed by atoms with Gasteiger partial charge in [-0.05, 0) is 18.4 Å². The summed E-state index contributed by atoms with van der Waals surface area (Å²) in [6, 6.07) is 0. The largest absolute Gasteiger partial charge is 0.392 e. The van der Waals surface area contributed by atoms with Gasteiger partial charge >= 0.3 is 0 Å². The quantitative estimate of drug-likeness (QED) is 0.673. The van der Waals surface area contributed by atoms with Gasteiger partial charge in [0.05, 0.1) is 6.10 Å². The van der Waals surface area contributed by atoms with Crippen LogP contribution in [0.25, 0.3) is 0 Å². The third-order valence-corrected chi connectivity index (χ3v) is 3.33. The number of hydrogen-bond acceptors (Lipinski definition) is 2. The summed E-state index contributed by atoms with van der Waals surface area (Å²) in [5, 5.41) is 9.84. The van der Waals surface area contributed by atoms with Gasteiger partial charge < -0.3 is 10.0 Å². The van der Waals surface area contributed by atoms with E-state index in [0.717, 1.165) is 25.6 Å². The van der Waals surface area contributed by atoms with Crippen molar-refractivity contribution in [1.82, 2.24) is 4.90 Å². The van der Waals surface area contributed by atoms with Crippen molar-refractivity contribution < 1.29 is 5.11 Å². The van der Waals surface area contributed by atoms with E-state index in [2.05, 4.69) is 39.5 Å². The zero-order valence-electron chi connectivity index (χ0n) is 11.2. The lowest BCUT2D eigenvalue weighted by molar-refractivity contribution is 0.0710. The zero-order chi connectivity index (χ0) is 11.8. The highest BCUT2D eigenvalue weighted by atomic mass is 16.3. The lowest BCUT2D eigenvalue weighted by atomic mass is 10.0. The summed E-state index contributed by atoms with van der Waals surface area (Å²) in [7, 11) is 0. The second-order valence-corrected chi connectivity index (χ2v) is 4.85. The van der Waals surface area contributed by atoms with E-state index in [9.17, 15) is 5.11 Å². The van der Waals surface area contributed by atoms with Gasteiger partial charge in [-0.3, -0.25) is 0 Å². The van der Waals surface area contributed by atoms with Crippen molar-refractivity contribution >= 4 is 0 Å². The highest BCUT2D eigenvalue weighted by molar-refractivity contribution is 4.69. The minimum Gasteiger partial charge on any atom is -0.392 e. The molecule has 0 saturated carbocycles. The third kappa shape index (κ3) is 6.16. The van der Waals surface area contributed by atoms with Crippen LogP contribution >= 0.6 is 0 Å². The zero-order valence-corrected chi connectivity index (χ0v) is 11.2. The monoisotopic (exact) mass is 215 g/mol. The fraction of sp³-hybridized carbons (Fsp3) is 1.00. The summed E-state index contributed by atoms with van der Waals surface area (Å²) >= 11 is 0. The molecule has 1 atom stereocenters. The summed E-state index contributed by atoms with van der Waals surface area (Å²) in [6.45, 7) is 13.8. The van der Waals surface area contributed by atoms with Gasteiger partial charge in [0.1, 0.15) is 0 Å². The Bertz CT molecular complexity index is 139. The van der Waals surface area contributed by atoms with Crippen molar-refractivity contribution in [3.8, 4) is 0 Å². The molecule has 0 aromatic heterocycles. The summed E-state index contributed by atoms with van der Waals surface area (Å²) < 4.78 is 0. The molecule has 2 nitrogen and oxygen atoms in total. The Hall–Kier alpha value is -0.0800. The molecule has 0 saturated heterocycles. The molecule has 92 valence electrons. The van der Waals surface area contributed by atoms with Crippen LogP contribution in [-0.2, 0) is 0 Å². The summed E-state index contributed by atoms with van der Waals surface area (Å²) in [6.07, 6.45) is 2.30. The van der Waals surface area contributed by atoms with E-state index in [1.54, 1.807) is 0 Å². The smallest absolute Gasteiger partial charge is 0.0689 e. The van der Waals surface area contributed by atoms with Crippen molar-refractivity contribution in [3.05, 3.63) is 0 Å². The van der Waals surface area contributed by atoms with Crippen LogP contribution in [0.5, 0.6) is 0 Å². The Morgan fingerprint density at radius 1 is 1.00 bits per heavy atom. The minimum absolute atomic E-state index is 0.181. The van der Waals surface area contributed by atoms with Crippen molar-refractivity contribution in [2.75, 3.05) is 19.6 Å². The predicted molar refractivity (Wildman–Crippen MR) is 67.0 cm³/mol. The standard InChI is InChI=1S/C13H29NO/c1-6-12(7-2)9-14(8-3)10-13(15)11(4)5/h11-13,15H,6-10H2,1-5H3. The van der Waals surface area contributed by atoms with Crippen LogP contribution in [0.15, 0.2) is 0 Å². The maximum absolute atomic E-state index is 9.84.